The van der Waals surface area contributed by atoms with Gasteiger partial charge in [-0.25, -0.2) is 19.9 Å². The number of aromatic nitrogens is 5. The highest BCUT2D eigenvalue weighted by Gasteiger charge is 2.19. The van der Waals surface area contributed by atoms with Gasteiger partial charge in [0.25, 0.3) is 0 Å². The number of anilines is 1. The SMILES string of the molecule is COc1cc(Cl)ccc1-c1nc(C(N)CNc2ccc(C#N)cn2)ncc1-c1ncc[nH]1. The summed E-state index contributed by atoms with van der Waals surface area (Å²) in [6, 6.07) is 10.2. The lowest BCUT2D eigenvalue weighted by Gasteiger charge is -2.16. The molecule has 0 aliphatic heterocycles. The standard InChI is InChI=1S/C22H19ClN8O/c1-32-18-8-14(23)3-4-15(18)20-16(21-26-6-7-27-21)11-30-22(31-20)17(25)12-29-19-5-2-13(9-24)10-28-19/h2-8,10-11,17H,12,25H2,1H3,(H,26,27)(H,28,29). The first-order valence-electron chi connectivity index (χ1n) is 9.65. The minimum Gasteiger partial charge on any atom is -0.496 e. The van der Waals surface area contributed by atoms with Crippen molar-refractivity contribution in [3.05, 3.63) is 71.5 Å². The van der Waals surface area contributed by atoms with E-state index in [9.17, 15) is 0 Å². The fourth-order valence-corrected chi connectivity index (χ4v) is 3.26. The number of pyridine rings is 1. The Morgan fingerprint density at radius 3 is 2.75 bits per heavy atom. The average molecular weight is 447 g/mol. The molecule has 3 aromatic heterocycles. The van der Waals surface area contributed by atoms with Gasteiger partial charge in [0.1, 0.15) is 29.3 Å². The molecular formula is C22H19ClN8O. The lowest BCUT2D eigenvalue weighted by Crippen LogP contribution is -2.23. The number of nitrogens with one attached hydrogen (secondary N) is 2. The first-order valence-corrected chi connectivity index (χ1v) is 10.0. The molecule has 0 radical (unpaired) electrons. The molecule has 0 aliphatic rings. The molecule has 0 bridgehead atoms. The number of halogens is 1. The highest BCUT2D eigenvalue weighted by atomic mass is 35.5. The number of aromatic amines is 1. The maximum atomic E-state index is 8.89. The Morgan fingerprint density at radius 1 is 1.19 bits per heavy atom. The molecule has 1 atom stereocenters. The van der Waals surface area contributed by atoms with Crippen molar-refractivity contribution in [1.82, 2.24) is 24.9 Å². The zero-order chi connectivity index (χ0) is 22.5. The number of hydrogen-bond acceptors (Lipinski definition) is 8. The molecule has 1 unspecified atom stereocenters. The van der Waals surface area contributed by atoms with E-state index < -0.39 is 6.04 Å². The zero-order valence-electron chi connectivity index (χ0n) is 17.1. The molecule has 0 saturated carbocycles. The second-order valence-corrected chi connectivity index (χ2v) is 7.24. The lowest BCUT2D eigenvalue weighted by atomic mass is 10.0. The van der Waals surface area contributed by atoms with Crippen LogP contribution in [0.5, 0.6) is 5.75 Å². The molecule has 4 rings (SSSR count). The van der Waals surface area contributed by atoms with Gasteiger partial charge in [0.15, 0.2) is 0 Å². The molecule has 3 heterocycles. The Labute approximate surface area is 189 Å². The summed E-state index contributed by atoms with van der Waals surface area (Å²) in [6.07, 6.45) is 6.57. The van der Waals surface area contributed by atoms with Gasteiger partial charge in [-0.15, -0.1) is 0 Å². The second-order valence-electron chi connectivity index (χ2n) is 6.80. The number of benzene rings is 1. The van der Waals surface area contributed by atoms with E-state index in [1.807, 2.05) is 12.1 Å². The zero-order valence-corrected chi connectivity index (χ0v) is 17.8. The van der Waals surface area contributed by atoms with E-state index >= 15 is 0 Å². The third-order valence-corrected chi connectivity index (χ3v) is 4.94. The number of H-pyrrole nitrogens is 1. The molecule has 4 aromatic rings. The van der Waals surface area contributed by atoms with E-state index in [4.69, 9.17) is 32.3 Å². The number of ether oxygens (including phenoxy) is 1. The maximum absolute atomic E-state index is 8.89. The van der Waals surface area contributed by atoms with Crippen LogP contribution in [-0.2, 0) is 0 Å². The van der Waals surface area contributed by atoms with Crippen molar-refractivity contribution in [2.24, 2.45) is 5.73 Å². The van der Waals surface area contributed by atoms with E-state index in [0.29, 0.717) is 51.6 Å². The van der Waals surface area contributed by atoms with Crippen molar-refractivity contribution in [3.63, 3.8) is 0 Å². The van der Waals surface area contributed by atoms with Crippen LogP contribution in [0.3, 0.4) is 0 Å². The van der Waals surface area contributed by atoms with Gasteiger partial charge in [0.05, 0.1) is 30.0 Å². The summed E-state index contributed by atoms with van der Waals surface area (Å²) in [5.74, 6) is 2.24. The lowest BCUT2D eigenvalue weighted by molar-refractivity contribution is 0.416. The minimum atomic E-state index is -0.518. The van der Waals surface area contributed by atoms with Crippen LogP contribution in [0.15, 0.2) is 55.1 Å². The van der Waals surface area contributed by atoms with E-state index in [0.717, 1.165) is 5.56 Å². The highest BCUT2D eigenvalue weighted by molar-refractivity contribution is 6.30. The van der Waals surface area contributed by atoms with Gasteiger partial charge in [-0.1, -0.05) is 11.6 Å². The molecule has 160 valence electrons. The summed E-state index contributed by atoms with van der Waals surface area (Å²) in [5.41, 5.74) is 8.91. The number of nitriles is 1. The maximum Gasteiger partial charge on any atom is 0.147 e. The summed E-state index contributed by atoms with van der Waals surface area (Å²) in [4.78, 5) is 20.8. The van der Waals surface area contributed by atoms with Crippen LogP contribution >= 0.6 is 11.6 Å². The van der Waals surface area contributed by atoms with Crippen LogP contribution in [0, 0.1) is 11.3 Å². The van der Waals surface area contributed by atoms with E-state index in [2.05, 4.69) is 25.3 Å². The summed E-state index contributed by atoms with van der Waals surface area (Å²) < 4.78 is 5.53. The number of nitrogens with zero attached hydrogens (tertiary/aromatic N) is 5. The predicted octanol–water partition coefficient (Wildman–Crippen LogP) is 3.57. The molecule has 0 saturated heterocycles. The second kappa shape index (κ2) is 9.43. The summed E-state index contributed by atoms with van der Waals surface area (Å²) in [5, 5.41) is 12.6. The molecule has 9 nitrogen and oxygen atoms in total. The van der Waals surface area contributed by atoms with Crippen LogP contribution in [0.1, 0.15) is 17.4 Å². The fraction of sp³-hybridized carbons (Fsp3) is 0.136. The average Bonchev–Trinajstić information content (AvgIpc) is 3.37. The number of rotatable bonds is 7. The van der Waals surface area contributed by atoms with E-state index in [1.54, 1.807) is 50.0 Å². The molecule has 0 fully saturated rings. The number of imidazole rings is 1. The Hall–Kier alpha value is -4.00. The predicted molar refractivity (Wildman–Crippen MR) is 121 cm³/mol. The van der Waals surface area contributed by atoms with Gasteiger partial charge >= 0.3 is 0 Å². The summed E-state index contributed by atoms with van der Waals surface area (Å²) >= 11 is 6.14. The Bertz CT molecular complexity index is 1250. The van der Waals surface area contributed by atoms with Crippen LogP contribution in [0.2, 0.25) is 5.02 Å². The van der Waals surface area contributed by atoms with Crippen LogP contribution in [0.25, 0.3) is 22.6 Å². The molecule has 0 amide bonds. The van der Waals surface area contributed by atoms with Crippen molar-refractivity contribution in [2.75, 3.05) is 19.0 Å². The van der Waals surface area contributed by atoms with Gasteiger partial charge in [0, 0.05) is 41.9 Å². The third-order valence-electron chi connectivity index (χ3n) is 4.71. The fourth-order valence-electron chi connectivity index (χ4n) is 3.10. The molecule has 0 aliphatic carbocycles. The van der Waals surface area contributed by atoms with Crippen LogP contribution in [-0.4, -0.2) is 38.6 Å². The highest BCUT2D eigenvalue weighted by Crippen LogP contribution is 2.36. The van der Waals surface area contributed by atoms with E-state index in [-0.39, 0.29) is 0 Å². The molecule has 1 aromatic carbocycles. The number of hydrogen-bond donors (Lipinski definition) is 3. The Kier molecular flexibility index (Phi) is 6.26. The van der Waals surface area contributed by atoms with Crippen molar-refractivity contribution in [1.29, 1.82) is 5.26 Å². The van der Waals surface area contributed by atoms with Gasteiger partial charge in [-0.3, -0.25) is 0 Å². The largest absolute Gasteiger partial charge is 0.496 e. The van der Waals surface area contributed by atoms with Gasteiger partial charge < -0.3 is 20.8 Å². The monoisotopic (exact) mass is 446 g/mol. The molecule has 32 heavy (non-hydrogen) atoms. The summed E-state index contributed by atoms with van der Waals surface area (Å²) in [6.45, 7) is 0.343. The van der Waals surface area contributed by atoms with Crippen molar-refractivity contribution >= 4 is 17.4 Å². The minimum absolute atomic E-state index is 0.343. The number of nitrogens with two attached hydrogens (primary N) is 1. The van der Waals surface area contributed by atoms with Gasteiger partial charge in [-0.2, -0.15) is 5.26 Å². The third kappa shape index (κ3) is 4.51. The summed E-state index contributed by atoms with van der Waals surface area (Å²) in [7, 11) is 1.57. The molecule has 4 N–H and O–H groups in total. The quantitative estimate of drug-likeness (QED) is 0.391. The Balaban J connectivity index is 1.66. The number of methoxy groups -OCH3 is 1. The first-order chi connectivity index (χ1) is 15.6. The smallest absolute Gasteiger partial charge is 0.147 e. The van der Waals surface area contributed by atoms with E-state index in [1.165, 1.54) is 6.20 Å². The van der Waals surface area contributed by atoms with Crippen LogP contribution < -0.4 is 15.8 Å². The van der Waals surface area contributed by atoms with Crippen molar-refractivity contribution < 1.29 is 4.74 Å². The Morgan fingerprint density at radius 2 is 2.06 bits per heavy atom. The molecule has 10 heteroatoms. The van der Waals surface area contributed by atoms with Gasteiger partial charge in [-0.05, 0) is 30.3 Å². The normalized spacial score (nSPS) is 11.6. The van der Waals surface area contributed by atoms with Crippen LogP contribution in [0.4, 0.5) is 5.82 Å². The molecule has 0 spiro atoms. The first kappa shape index (κ1) is 21.2. The van der Waals surface area contributed by atoms with Crippen molar-refractivity contribution in [2.45, 2.75) is 6.04 Å². The van der Waals surface area contributed by atoms with Crippen molar-refractivity contribution in [3.8, 4) is 34.5 Å². The molecular weight excluding hydrogens is 428 g/mol. The van der Waals surface area contributed by atoms with Gasteiger partial charge in [0.2, 0.25) is 0 Å². The topological polar surface area (TPSA) is 138 Å².